The molecule has 10 aromatic carbocycles. The van der Waals surface area contributed by atoms with E-state index >= 15 is 0 Å². The number of para-hydroxylation sites is 1. The fraction of sp³-hybridized carbons (Fsp3) is 0. The van der Waals surface area contributed by atoms with E-state index in [-0.39, 0.29) is 0 Å². The Bertz CT molecular complexity index is 2940. The Morgan fingerprint density at radius 1 is 0.245 bits per heavy atom. The summed E-state index contributed by atoms with van der Waals surface area (Å²) >= 11 is 0. The third-order valence-corrected chi connectivity index (χ3v) is 10.6. The van der Waals surface area contributed by atoms with Gasteiger partial charge in [0.1, 0.15) is 0 Å². The van der Waals surface area contributed by atoms with E-state index in [9.17, 15) is 0 Å². The number of benzene rings is 10. The average Bonchev–Trinajstić information content (AvgIpc) is 3.24. The van der Waals surface area contributed by atoms with Gasteiger partial charge in [-0.2, -0.15) is 0 Å². The number of anilines is 3. The highest BCUT2D eigenvalue weighted by atomic mass is 15.1. The molecule has 0 N–H and O–H groups in total. The molecule has 0 unspecified atom stereocenters. The molecule has 53 heavy (non-hydrogen) atoms. The summed E-state index contributed by atoms with van der Waals surface area (Å²) in [6.45, 7) is 0. The number of rotatable bonds is 6. The van der Waals surface area contributed by atoms with Gasteiger partial charge in [0.25, 0.3) is 0 Å². The van der Waals surface area contributed by atoms with Crippen molar-refractivity contribution in [3.8, 4) is 33.4 Å². The highest BCUT2D eigenvalue weighted by Gasteiger charge is 2.18. The highest BCUT2D eigenvalue weighted by Crippen LogP contribution is 2.43. The van der Waals surface area contributed by atoms with Gasteiger partial charge in [0.05, 0.1) is 5.69 Å². The van der Waals surface area contributed by atoms with Crippen LogP contribution in [0.5, 0.6) is 0 Å². The van der Waals surface area contributed by atoms with Crippen LogP contribution in [0.3, 0.4) is 0 Å². The molecular weight excluding hydrogens is 639 g/mol. The van der Waals surface area contributed by atoms with Gasteiger partial charge in [0.15, 0.2) is 0 Å². The van der Waals surface area contributed by atoms with Crippen LogP contribution in [0.2, 0.25) is 0 Å². The van der Waals surface area contributed by atoms with E-state index in [0.717, 1.165) is 17.1 Å². The fourth-order valence-corrected chi connectivity index (χ4v) is 8.05. The predicted octanol–water partition coefficient (Wildman–Crippen LogP) is 14.8. The maximum Gasteiger partial charge on any atom is 0.0540 e. The molecule has 0 saturated carbocycles. The lowest BCUT2D eigenvalue weighted by atomic mass is 9.92. The molecule has 0 atom stereocenters. The Labute approximate surface area is 309 Å². The Kier molecular flexibility index (Phi) is 7.55. The standard InChI is InChI=1S/C52H35N/c1-2-13-38(14-3-1)47-20-8-9-23-52(47)53(43-29-26-37(27-30-43)41-25-24-36-12-4-5-16-40(36)34-41)44-18-10-17-42(35-44)46-21-11-22-48-50(46)33-32-49-45-19-7-6-15-39(45)28-31-51(48)49/h1-35H. The van der Waals surface area contributed by atoms with Gasteiger partial charge in [-0.1, -0.05) is 176 Å². The highest BCUT2D eigenvalue weighted by molar-refractivity contribution is 6.19. The monoisotopic (exact) mass is 673 g/mol. The van der Waals surface area contributed by atoms with Gasteiger partial charge >= 0.3 is 0 Å². The maximum absolute atomic E-state index is 2.41. The third kappa shape index (κ3) is 5.51. The van der Waals surface area contributed by atoms with Crippen molar-refractivity contribution in [3.05, 3.63) is 212 Å². The number of hydrogen-bond acceptors (Lipinski definition) is 1. The molecule has 1 nitrogen and oxygen atoms in total. The smallest absolute Gasteiger partial charge is 0.0540 e. The van der Waals surface area contributed by atoms with Crippen molar-refractivity contribution < 1.29 is 0 Å². The Morgan fingerprint density at radius 3 is 1.72 bits per heavy atom. The van der Waals surface area contributed by atoms with Gasteiger partial charge in [-0.05, 0) is 107 Å². The Hall–Kier alpha value is -6.96. The minimum Gasteiger partial charge on any atom is -0.310 e. The first kappa shape index (κ1) is 30.8. The van der Waals surface area contributed by atoms with Crippen LogP contribution in [0.15, 0.2) is 212 Å². The van der Waals surface area contributed by atoms with E-state index in [0.29, 0.717) is 0 Å². The lowest BCUT2D eigenvalue weighted by Crippen LogP contribution is -2.11. The van der Waals surface area contributed by atoms with Crippen molar-refractivity contribution in [2.45, 2.75) is 0 Å². The summed E-state index contributed by atoms with van der Waals surface area (Å²) in [6.07, 6.45) is 0. The van der Waals surface area contributed by atoms with Crippen LogP contribution in [0, 0.1) is 0 Å². The first-order valence-corrected chi connectivity index (χ1v) is 18.3. The second-order valence-corrected chi connectivity index (χ2v) is 13.7. The fourth-order valence-electron chi connectivity index (χ4n) is 8.05. The normalized spacial score (nSPS) is 11.4. The van der Waals surface area contributed by atoms with Crippen LogP contribution in [-0.2, 0) is 0 Å². The maximum atomic E-state index is 2.41. The van der Waals surface area contributed by atoms with Gasteiger partial charge in [-0.15, -0.1) is 0 Å². The molecule has 0 aromatic heterocycles. The van der Waals surface area contributed by atoms with E-state index < -0.39 is 0 Å². The molecule has 0 heterocycles. The summed E-state index contributed by atoms with van der Waals surface area (Å²) in [7, 11) is 0. The summed E-state index contributed by atoms with van der Waals surface area (Å²) in [5, 5.41) is 10.2. The summed E-state index contributed by atoms with van der Waals surface area (Å²) in [4.78, 5) is 2.41. The Morgan fingerprint density at radius 2 is 0.830 bits per heavy atom. The minimum absolute atomic E-state index is 1.10. The predicted molar refractivity (Wildman–Crippen MR) is 227 cm³/mol. The van der Waals surface area contributed by atoms with Crippen LogP contribution in [0.1, 0.15) is 0 Å². The van der Waals surface area contributed by atoms with E-state index in [4.69, 9.17) is 0 Å². The van der Waals surface area contributed by atoms with Crippen LogP contribution in [0.25, 0.3) is 76.5 Å². The quantitative estimate of drug-likeness (QED) is 0.159. The lowest BCUT2D eigenvalue weighted by Gasteiger charge is -2.28. The van der Waals surface area contributed by atoms with Gasteiger partial charge < -0.3 is 4.90 Å². The molecule has 0 radical (unpaired) electrons. The second-order valence-electron chi connectivity index (χ2n) is 13.7. The van der Waals surface area contributed by atoms with Crippen LogP contribution in [0.4, 0.5) is 17.1 Å². The summed E-state index contributed by atoms with van der Waals surface area (Å²) < 4.78 is 0. The molecule has 0 saturated heterocycles. The summed E-state index contributed by atoms with van der Waals surface area (Å²) in [6, 6.07) is 77.3. The van der Waals surface area contributed by atoms with Gasteiger partial charge in [0.2, 0.25) is 0 Å². The van der Waals surface area contributed by atoms with Crippen LogP contribution < -0.4 is 4.90 Å². The molecule has 1 heteroatoms. The topological polar surface area (TPSA) is 3.24 Å². The molecular formula is C52H35N. The van der Waals surface area contributed by atoms with Gasteiger partial charge in [-0.3, -0.25) is 0 Å². The molecule has 0 aliphatic rings. The van der Waals surface area contributed by atoms with Crippen molar-refractivity contribution in [2.24, 2.45) is 0 Å². The molecule has 0 fully saturated rings. The SMILES string of the molecule is c1ccc(-c2ccccc2N(c2ccc(-c3ccc4ccccc4c3)cc2)c2cccc(-c3cccc4c3ccc3c5ccccc5ccc43)c2)cc1. The van der Waals surface area contributed by atoms with E-state index in [2.05, 4.69) is 217 Å². The van der Waals surface area contributed by atoms with Gasteiger partial charge in [-0.25, -0.2) is 0 Å². The largest absolute Gasteiger partial charge is 0.310 e. The lowest BCUT2D eigenvalue weighted by molar-refractivity contribution is 1.28. The van der Waals surface area contributed by atoms with Crippen molar-refractivity contribution in [1.29, 1.82) is 0 Å². The van der Waals surface area contributed by atoms with E-state index in [1.165, 1.54) is 76.5 Å². The summed E-state index contributed by atoms with van der Waals surface area (Å²) in [5.74, 6) is 0. The third-order valence-electron chi connectivity index (χ3n) is 10.6. The molecule has 10 rings (SSSR count). The first-order valence-electron chi connectivity index (χ1n) is 18.3. The molecule has 0 amide bonds. The molecule has 0 aliphatic heterocycles. The second kappa shape index (κ2) is 13.0. The Balaban J connectivity index is 1.12. The number of hydrogen-bond donors (Lipinski definition) is 0. The van der Waals surface area contributed by atoms with Crippen molar-refractivity contribution in [3.63, 3.8) is 0 Å². The number of nitrogens with zero attached hydrogens (tertiary/aromatic N) is 1. The zero-order valence-corrected chi connectivity index (χ0v) is 29.2. The molecule has 0 aliphatic carbocycles. The number of fused-ring (bicyclic) bond motifs is 6. The van der Waals surface area contributed by atoms with E-state index in [1.54, 1.807) is 0 Å². The van der Waals surface area contributed by atoms with Crippen molar-refractivity contribution >= 4 is 60.2 Å². The van der Waals surface area contributed by atoms with Crippen LogP contribution >= 0.6 is 0 Å². The zero-order chi connectivity index (χ0) is 35.1. The molecule has 10 aromatic rings. The van der Waals surface area contributed by atoms with E-state index in [1.807, 2.05) is 0 Å². The van der Waals surface area contributed by atoms with Crippen LogP contribution in [-0.4, -0.2) is 0 Å². The van der Waals surface area contributed by atoms with Gasteiger partial charge in [0, 0.05) is 16.9 Å². The molecule has 0 spiro atoms. The average molecular weight is 674 g/mol. The van der Waals surface area contributed by atoms with Crippen molar-refractivity contribution in [2.75, 3.05) is 4.90 Å². The molecule has 248 valence electrons. The first-order chi connectivity index (χ1) is 26.3. The van der Waals surface area contributed by atoms with Crippen molar-refractivity contribution in [1.82, 2.24) is 0 Å². The minimum atomic E-state index is 1.10. The zero-order valence-electron chi connectivity index (χ0n) is 29.2. The summed E-state index contributed by atoms with van der Waals surface area (Å²) in [5.41, 5.74) is 10.5. The molecule has 0 bridgehead atoms.